The first-order chi connectivity index (χ1) is 10.2. The Labute approximate surface area is 128 Å². The van der Waals surface area contributed by atoms with Crippen molar-refractivity contribution in [1.82, 2.24) is 5.32 Å². The lowest BCUT2D eigenvalue weighted by molar-refractivity contribution is 0.0269. The van der Waals surface area contributed by atoms with Crippen LogP contribution in [0.4, 0.5) is 4.39 Å². The van der Waals surface area contributed by atoms with Crippen LogP contribution in [0.5, 0.6) is 0 Å². The third-order valence-corrected chi connectivity index (χ3v) is 4.21. The molecule has 2 aromatic rings. The molecule has 1 unspecified atom stereocenters. The molecule has 0 aliphatic carbocycles. The molecule has 1 aromatic carbocycles. The lowest BCUT2D eigenvalue weighted by atomic mass is 10.2. The smallest absolute Gasteiger partial charge is 0.128 e. The molecule has 2 rings (SSSR count). The molecule has 0 radical (unpaired) electrons. The van der Waals surface area contributed by atoms with Crippen LogP contribution in [0.1, 0.15) is 23.4 Å². The molecular formula is C16H20FNO2S. The van der Waals surface area contributed by atoms with Crippen LogP contribution in [-0.4, -0.2) is 24.4 Å². The number of aliphatic hydroxyl groups excluding tert-OH is 1. The average molecular weight is 309 g/mol. The van der Waals surface area contributed by atoms with Gasteiger partial charge in [0.15, 0.2) is 0 Å². The molecule has 5 heteroatoms. The zero-order valence-corrected chi connectivity index (χ0v) is 12.8. The summed E-state index contributed by atoms with van der Waals surface area (Å²) in [6.07, 6.45) is -0.612. The van der Waals surface area contributed by atoms with Crippen molar-refractivity contribution in [3.63, 3.8) is 0 Å². The van der Waals surface area contributed by atoms with Crippen LogP contribution in [0.25, 0.3) is 0 Å². The number of thiophene rings is 1. The summed E-state index contributed by atoms with van der Waals surface area (Å²) in [7, 11) is 0. The largest absolute Gasteiger partial charge is 0.389 e. The molecule has 3 nitrogen and oxygen atoms in total. The van der Waals surface area contributed by atoms with Crippen molar-refractivity contribution in [3.8, 4) is 0 Å². The summed E-state index contributed by atoms with van der Waals surface area (Å²) in [4.78, 5) is 1.23. The molecule has 0 aliphatic rings. The van der Waals surface area contributed by atoms with Crippen LogP contribution in [0, 0.1) is 5.82 Å². The van der Waals surface area contributed by atoms with Gasteiger partial charge in [-0.25, -0.2) is 4.39 Å². The Bertz CT molecular complexity index is 533. The molecule has 2 N–H and O–H groups in total. The molecule has 0 aliphatic heterocycles. The van der Waals surface area contributed by atoms with Gasteiger partial charge in [0.25, 0.3) is 0 Å². The van der Waals surface area contributed by atoms with Crippen molar-refractivity contribution >= 4 is 11.3 Å². The molecule has 0 spiro atoms. The van der Waals surface area contributed by atoms with Gasteiger partial charge in [-0.15, -0.1) is 11.3 Å². The first kappa shape index (κ1) is 16.1. The van der Waals surface area contributed by atoms with Crippen LogP contribution in [0.15, 0.2) is 41.8 Å². The maximum atomic E-state index is 13.4. The monoisotopic (exact) mass is 309 g/mol. The highest BCUT2D eigenvalue weighted by atomic mass is 32.1. The Kier molecular flexibility index (Phi) is 6.32. The normalized spacial score (nSPS) is 14.0. The maximum Gasteiger partial charge on any atom is 0.128 e. The van der Waals surface area contributed by atoms with Gasteiger partial charge in [0, 0.05) is 23.0 Å². The van der Waals surface area contributed by atoms with Gasteiger partial charge in [0.2, 0.25) is 0 Å². The van der Waals surface area contributed by atoms with Gasteiger partial charge in [-0.2, -0.15) is 0 Å². The Morgan fingerprint density at radius 1 is 1.29 bits per heavy atom. The minimum absolute atomic E-state index is 0.171. The zero-order valence-electron chi connectivity index (χ0n) is 12.0. The van der Waals surface area contributed by atoms with Crippen LogP contribution >= 0.6 is 11.3 Å². The fourth-order valence-corrected chi connectivity index (χ4v) is 2.69. The fraction of sp³-hybridized carbons (Fsp3) is 0.375. The minimum Gasteiger partial charge on any atom is -0.389 e. The topological polar surface area (TPSA) is 41.5 Å². The summed E-state index contributed by atoms with van der Waals surface area (Å²) in [5.74, 6) is -0.281. The molecule has 0 saturated heterocycles. The van der Waals surface area contributed by atoms with E-state index in [0.29, 0.717) is 12.1 Å². The minimum atomic E-state index is -0.612. The first-order valence-corrected chi connectivity index (χ1v) is 7.81. The molecule has 0 bridgehead atoms. The Hall–Kier alpha value is -1.27. The van der Waals surface area contributed by atoms with Crippen molar-refractivity contribution in [1.29, 1.82) is 0 Å². The summed E-state index contributed by atoms with van der Waals surface area (Å²) >= 11 is 1.68. The second-order valence-electron chi connectivity index (χ2n) is 4.91. The third-order valence-electron chi connectivity index (χ3n) is 3.16. The number of hydrogen-bond donors (Lipinski definition) is 2. The van der Waals surface area contributed by atoms with Crippen LogP contribution in [0.3, 0.4) is 0 Å². The van der Waals surface area contributed by atoms with Gasteiger partial charge in [0.05, 0.1) is 19.3 Å². The lowest BCUT2D eigenvalue weighted by Crippen LogP contribution is -2.31. The molecule has 2 atom stereocenters. The average Bonchev–Trinajstić information content (AvgIpc) is 3.01. The van der Waals surface area contributed by atoms with Crippen molar-refractivity contribution in [2.45, 2.75) is 25.7 Å². The quantitative estimate of drug-likeness (QED) is 0.787. The van der Waals surface area contributed by atoms with E-state index < -0.39 is 6.10 Å². The van der Waals surface area contributed by atoms with E-state index in [9.17, 15) is 9.50 Å². The molecular weight excluding hydrogens is 289 g/mol. The van der Waals surface area contributed by atoms with Crippen molar-refractivity contribution < 1.29 is 14.2 Å². The van der Waals surface area contributed by atoms with E-state index in [1.165, 1.54) is 10.9 Å². The van der Waals surface area contributed by atoms with E-state index >= 15 is 0 Å². The number of hydrogen-bond acceptors (Lipinski definition) is 4. The zero-order chi connectivity index (χ0) is 15.1. The summed E-state index contributed by atoms with van der Waals surface area (Å²) < 4.78 is 18.7. The van der Waals surface area contributed by atoms with Gasteiger partial charge >= 0.3 is 0 Å². The van der Waals surface area contributed by atoms with E-state index in [4.69, 9.17) is 4.74 Å². The van der Waals surface area contributed by atoms with Crippen LogP contribution < -0.4 is 5.32 Å². The van der Waals surface area contributed by atoms with Crippen LogP contribution in [0.2, 0.25) is 0 Å². The van der Waals surface area contributed by atoms with Crippen molar-refractivity contribution in [3.05, 3.63) is 58.0 Å². The maximum absolute atomic E-state index is 13.4. The van der Waals surface area contributed by atoms with E-state index in [0.717, 1.165) is 0 Å². The predicted molar refractivity (Wildman–Crippen MR) is 82.8 cm³/mol. The standard InChI is InChI=1S/C16H20FNO2S/c1-12(16-7-4-8-21-16)18-9-14(19)11-20-10-13-5-2-3-6-15(13)17/h2-8,12,14,18-19H,9-11H2,1H3/t12-,14?/m1/s1. The molecule has 114 valence electrons. The molecule has 0 amide bonds. The van der Waals surface area contributed by atoms with E-state index in [1.54, 1.807) is 29.5 Å². The highest BCUT2D eigenvalue weighted by molar-refractivity contribution is 7.10. The summed E-state index contributed by atoms with van der Waals surface area (Å²) in [6.45, 7) is 2.85. The Morgan fingerprint density at radius 3 is 2.81 bits per heavy atom. The number of halogens is 1. The molecule has 21 heavy (non-hydrogen) atoms. The summed E-state index contributed by atoms with van der Waals surface area (Å²) in [5.41, 5.74) is 0.504. The lowest BCUT2D eigenvalue weighted by Gasteiger charge is -2.16. The van der Waals surface area contributed by atoms with Gasteiger partial charge < -0.3 is 15.2 Å². The fourth-order valence-electron chi connectivity index (χ4n) is 1.93. The second kappa shape index (κ2) is 8.24. The molecule has 0 fully saturated rings. The number of ether oxygens (including phenoxy) is 1. The summed E-state index contributed by atoms with van der Waals surface area (Å²) in [5, 5.41) is 15.1. The molecule has 1 heterocycles. The SMILES string of the molecule is C[C@@H](NCC(O)COCc1ccccc1F)c1cccs1. The second-order valence-corrected chi connectivity index (χ2v) is 5.88. The van der Waals surface area contributed by atoms with E-state index in [1.807, 2.05) is 11.4 Å². The van der Waals surface area contributed by atoms with Gasteiger partial charge in [0.1, 0.15) is 5.82 Å². The van der Waals surface area contributed by atoms with Crippen LogP contribution in [-0.2, 0) is 11.3 Å². The number of nitrogens with one attached hydrogen (secondary N) is 1. The van der Waals surface area contributed by atoms with Gasteiger partial charge in [-0.3, -0.25) is 0 Å². The number of rotatable bonds is 8. The highest BCUT2D eigenvalue weighted by Crippen LogP contribution is 2.17. The van der Waals surface area contributed by atoms with Gasteiger partial charge in [-0.1, -0.05) is 24.3 Å². The van der Waals surface area contributed by atoms with Crippen molar-refractivity contribution in [2.24, 2.45) is 0 Å². The first-order valence-electron chi connectivity index (χ1n) is 6.93. The predicted octanol–water partition coefficient (Wildman–Crippen LogP) is 3.12. The third kappa shape index (κ3) is 5.21. The van der Waals surface area contributed by atoms with E-state index in [2.05, 4.69) is 18.3 Å². The molecule has 1 aromatic heterocycles. The highest BCUT2D eigenvalue weighted by Gasteiger charge is 2.10. The number of aliphatic hydroxyl groups is 1. The summed E-state index contributed by atoms with van der Waals surface area (Å²) in [6, 6.07) is 10.8. The molecule has 0 saturated carbocycles. The van der Waals surface area contributed by atoms with E-state index in [-0.39, 0.29) is 25.1 Å². The Balaban J connectivity index is 1.66. The number of benzene rings is 1. The Morgan fingerprint density at radius 2 is 2.10 bits per heavy atom. The van der Waals surface area contributed by atoms with Crippen molar-refractivity contribution in [2.75, 3.05) is 13.2 Å². The van der Waals surface area contributed by atoms with Gasteiger partial charge in [-0.05, 0) is 24.4 Å².